The summed E-state index contributed by atoms with van der Waals surface area (Å²) in [5, 5.41) is 17.9. The number of nitrogens with two attached hydrogens (primary N) is 1. The number of nitrogen functional groups attached to an aromatic ring is 1. The molecule has 1 aromatic rings. The summed E-state index contributed by atoms with van der Waals surface area (Å²) in [5.74, 6) is 0.177. The van der Waals surface area contributed by atoms with Crippen LogP contribution in [0.4, 0.5) is 5.69 Å². The highest BCUT2D eigenvalue weighted by Crippen LogP contribution is 2.38. The molecule has 0 heterocycles. The Hall–Kier alpha value is -1.28. The van der Waals surface area contributed by atoms with Crippen molar-refractivity contribution in [3.63, 3.8) is 0 Å². The number of anilines is 1. The van der Waals surface area contributed by atoms with Crippen LogP contribution >= 0.6 is 23.5 Å². The van der Waals surface area contributed by atoms with Crippen LogP contribution in [0.1, 0.15) is 20.7 Å². The Bertz CT molecular complexity index is 613. The number of hydrogen-bond acceptors (Lipinski definition) is 7. The van der Waals surface area contributed by atoms with Crippen LogP contribution in [-0.2, 0) is 0 Å². The van der Waals surface area contributed by atoms with Crippen molar-refractivity contribution in [3.8, 4) is 0 Å². The molecule has 7 heteroatoms. The number of benzene rings is 1. The summed E-state index contributed by atoms with van der Waals surface area (Å²) in [7, 11) is 0. The van der Waals surface area contributed by atoms with Crippen molar-refractivity contribution in [3.05, 3.63) is 39.1 Å². The number of carbonyl (C=O) groups is 2. The van der Waals surface area contributed by atoms with Crippen molar-refractivity contribution in [1.82, 2.24) is 0 Å². The Labute approximate surface area is 130 Å². The average Bonchev–Trinajstić information content (AvgIpc) is 2.48. The molecule has 1 aliphatic carbocycles. The van der Waals surface area contributed by atoms with E-state index in [0.717, 1.165) is 23.5 Å². The van der Waals surface area contributed by atoms with E-state index in [2.05, 4.69) is 0 Å². The highest BCUT2D eigenvalue weighted by molar-refractivity contribution is 8.08. The molecule has 0 bridgehead atoms. The molecule has 0 aliphatic heterocycles. The van der Waals surface area contributed by atoms with E-state index in [0.29, 0.717) is 38.1 Å². The highest BCUT2D eigenvalue weighted by atomic mass is 32.2. The number of fused-ring (bicyclic) bond motifs is 1. The van der Waals surface area contributed by atoms with E-state index >= 15 is 0 Å². The molecule has 0 spiro atoms. The summed E-state index contributed by atoms with van der Waals surface area (Å²) < 4.78 is 0. The second-order valence-electron chi connectivity index (χ2n) is 4.27. The maximum Gasteiger partial charge on any atom is 0.201 e. The minimum absolute atomic E-state index is 0.0812. The van der Waals surface area contributed by atoms with E-state index in [4.69, 9.17) is 15.9 Å². The lowest BCUT2D eigenvalue weighted by Crippen LogP contribution is -2.20. The third-order valence-corrected chi connectivity index (χ3v) is 5.09. The van der Waals surface area contributed by atoms with Gasteiger partial charge in [0.15, 0.2) is 0 Å². The van der Waals surface area contributed by atoms with Crippen LogP contribution in [-0.4, -0.2) is 46.5 Å². The molecule has 0 amide bonds. The van der Waals surface area contributed by atoms with Gasteiger partial charge < -0.3 is 15.9 Å². The number of aliphatic hydroxyl groups excluding tert-OH is 2. The third-order valence-electron chi connectivity index (χ3n) is 2.83. The predicted molar refractivity (Wildman–Crippen MR) is 85.6 cm³/mol. The van der Waals surface area contributed by atoms with Crippen LogP contribution < -0.4 is 5.73 Å². The van der Waals surface area contributed by atoms with Crippen LogP contribution in [0.3, 0.4) is 0 Å². The Balaban J connectivity index is 2.47. The van der Waals surface area contributed by atoms with E-state index in [-0.39, 0.29) is 24.8 Å². The maximum atomic E-state index is 12.5. The van der Waals surface area contributed by atoms with Gasteiger partial charge in [-0.05, 0) is 18.2 Å². The van der Waals surface area contributed by atoms with Gasteiger partial charge in [-0.2, -0.15) is 0 Å². The van der Waals surface area contributed by atoms with Crippen LogP contribution in [0.2, 0.25) is 0 Å². The zero-order chi connectivity index (χ0) is 15.4. The molecule has 2 rings (SSSR count). The first-order valence-electron chi connectivity index (χ1n) is 6.30. The van der Waals surface area contributed by atoms with Crippen LogP contribution in [0, 0.1) is 0 Å². The van der Waals surface area contributed by atoms with Crippen LogP contribution in [0.15, 0.2) is 28.0 Å². The number of carbonyl (C=O) groups excluding carboxylic acids is 2. The fraction of sp³-hybridized carbons (Fsp3) is 0.286. The molecule has 0 unspecified atom stereocenters. The van der Waals surface area contributed by atoms with Gasteiger partial charge in [-0.3, -0.25) is 9.59 Å². The third kappa shape index (κ3) is 3.32. The van der Waals surface area contributed by atoms with Gasteiger partial charge in [-0.25, -0.2) is 0 Å². The molecule has 1 aliphatic rings. The number of hydrogen-bond donors (Lipinski definition) is 3. The molecule has 5 nitrogen and oxygen atoms in total. The van der Waals surface area contributed by atoms with E-state index < -0.39 is 0 Å². The lowest BCUT2D eigenvalue weighted by molar-refractivity contribution is 0.0988. The van der Waals surface area contributed by atoms with Crippen molar-refractivity contribution < 1.29 is 19.8 Å². The molecule has 0 saturated carbocycles. The first-order valence-corrected chi connectivity index (χ1v) is 8.27. The molecule has 1 aromatic carbocycles. The largest absolute Gasteiger partial charge is 0.399 e. The van der Waals surface area contributed by atoms with E-state index in [1.807, 2.05) is 0 Å². The zero-order valence-electron chi connectivity index (χ0n) is 11.2. The highest BCUT2D eigenvalue weighted by Gasteiger charge is 2.32. The lowest BCUT2D eigenvalue weighted by atomic mass is 9.94. The van der Waals surface area contributed by atoms with Gasteiger partial charge in [0.05, 0.1) is 23.0 Å². The van der Waals surface area contributed by atoms with Gasteiger partial charge >= 0.3 is 0 Å². The maximum absolute atomic E-state index is 12.5. The van der Waals surface area contributed by atoms with E-state index in [1.165, 1.54) is 6.07 Å². The minimum atomic E-state index is -0.254. The predicted octanol–water partition coefficient (Wildman–Crippen LogP) is 1.31. The number of rotatable bonds is 6. The molecule has 0 atom stereocenters. The summed E-state index contributed by atoms with van der Waals surface area (Å²) in [4.78, 5) is 25.7. The summed E-state index contributed by atoms with van der Waals surface area (Å²) in [5.41, 5.74) is 6.75. The number of thioether (sulfide) groups is 2. The van der Waals surface area contributed by atoms with Crippen molar-refractivity contribution in [2.75, 3.05) is 30.5 Å². The van der Waals surface area contributed by atoms with E-state index in [1.54, 1.807) is 12.1 Å². The number of ketones is 2. The zero-order valence-corrected chi connectivity index (χ0v) is 12.8. The van der Waals surface area contributed by atoms with Crippen molar-refractivity contribution in [1.29, 1.82) is 0 Å². The number of Topliss-reactive ketones (excluding diaryl/α,β-unsaturated/α-hetero) is 2. The number of aliphatic hydroxyl groups is 2. The Morgan fingerprint density at radius 2 is 1.43 bits per heavy atom. The first kappa shape index (κ1) is 16.1. The van der Waals surface area contributed by atoms with E-state index in [9.17, 15) is 9.59 Å². The van der Waals surface area contributed by atoms with Gasteiger partial charge in [0.2, 0.25) is 11.6 Å². The van der Waals surface area contributed by atoms with Crippen molar-refractivity contribution in [2.45, 2.75) is 0 Å². The normalized spacial score (nSPS) is 14.6. The topological polar surface area (TPSA) is 101 Å². The lowest BCUT2D eigenvalue weighted by Gasteiger charge is -2.20. The molecular weight excluding hydrogens is 310 g/mol. The molecule has 4 N–H and O–H groups in total. The SMILES string of the molecule is Nc1ccc2c(c1)C(=O)C(SCCO)=C(SCCO)C2=O. The fourth-order valence-corrected chi connectivity index (χ4v) is 3.83. The molecule has 0 saturated heterocycles. The average molecular weight is 325 g/mol. The monoisotopic (exact) mass is 325 g/mol. The summed E-state index contributed by atoms with van der Waals surface area (Å²) >= 11 is 2.31. The van der Waals surface area contributed by atoms with Crippen LogP contribution in [0.5, 0.6) is 0 Å². The molecule has 0 radical (unpaired) electrons. The van der Waals surface area contributed by atoms with Crippen LogP contribution in [0.25, 0.3) is 0 Å². The first-order chi connectivity index (χ1) is 10.1. The summed E-state index contributed by atoms with van der Waals surface area (Å²) in [6, 6.07) is 4.64. The Kier molecular flexibility index (Phi) is 5.46. The molecule has 0 fully saturated rings. The molecule has 112 valence electrons. The summed E-state index contributed by atoms with van der Waals surface area (Å²) in [6.45, 7) is -0.167. The molecule has 0 aromatic heterocycles. The standard InChI is InChI=1S/C14H15NO4S2/c15-8-1-2-9-10(7-8)12(19)14(21-6-4-17)13(11(9)18)20-5-3-16/h1-2,7,16-17H,3-6,15H2. The Morgan fingerprint density at radius 3 is 1.95 bits per heavy atom. The van der Waals surface area contributed by atoms with Gasteiger partial charge in [0.25, 0.3) is 0 Å². The quantitative estimate of drug-likeness (QED) is 0.678. The van der Waals surface area contributed by atoms with Gasteiger partial charge in [0, 0.05) is 28.3 Å². The van der Waals surface area contributed by atoms with Crippen molar-refractivity contribution in [2.24, 2.45) is 0 Å². The van der Waals surface area contributed by atoms with Gasteiger partial charge in [0.1, 0.15) is 0 Å². The minimum Gasteiger partial charge on any atom is -0.399 e. The smallest absolute Gasteiger partial charge is 0.201 e. The fourth-order valence-electron chi connectivity index (χ4n) is 1.96. The second kappa shape index (κ2) is 7.13. The summed E-state index contributed by atoms with van der Waals surface area (Å²) in [6.07, 6.45) is 0. The van der Waals surface area contributed by atoms with Crippen molar-refractivity contribution >= 4 is 40.8 Å². The molecular formula is C14H15NO4S2. The second-order valence-corrected chi connectivity index (χ2v) is 6.48. The number of allylic oxidation sites excluding steroid dienone is 2. The molecule has 21 heavy (non-hydrogen) atoms. The Morgan fingerprint density at radius 1 is 0.905 bits per heavy atom. The van der Waals surface area contributed by atoms with Gasteiger partial charge in [-0.15, -0.1) is 23.5 Å². The van der Waals surface area contributed by atoms with Gasteiger partial charge in [-0.1, -0.05) is 0 Å².